The molecule has 110 valence electrons. The molecule has 3 nitrogen and oxygen atoms in total. The number of aliphatic hydroxyl groups is 1. The van der Waals surface area contributed by atoms with Crippen LogP contribution in [0.1, 0.15) is 17.2 Å². The zero-order valence-corrected chi connectivity index (χ0v) is 12.7. The molecule has 1 unspecified atom stereocenters. The first-order chi connectivity index (χ1) is 10.1. The van der Waals surface area contributed by atoms with E-state index >= 15 is 0 Å². The summed E-state index contributed by atoms with van der Waals surface area (Å²) < 4.78 is 11.0. The monoisotopic (exact) mass is 324 g/mol. The number of hydrogen-bond acceptors (Lipinski definition) is 3. The van der Waals surface area contributed by atoms with Crippen molar-refractivity contribution < 1.29 is 14.6 Å². The van der Waals surface area contributed by atoms with Gasteiger partial charge in [-0.15, -0.1) is 0 Å². The van der Waals surface area contributed by atoms with E-state index in [2.05, 4.69) is 0 Å². The highest BCUT2D eigenvalue weighted by molar-refractivity contribution is 6.33. The number of benzene rings is 2. The van der Waals surface area contributed by atoms with Gasteiger partial charge in [-0.05, 0) is 41.5 Å². The SMILES string of the molecule is OC(Cc1cc(Cl)ccc1Cl)c1ccc2c(c1)OCCO2. The fraction of sp³-hybridized carbons (Fsp3) is 0.250. The van der Waals surface area contributed by atoms with Gasteiger partial charge in [-0.3, -0.25) is 0 Å². The number of ether oxygens (including phenoxy) is 2. The molecule has 1 aliphatic rings. The van der Waals surface area contributed by atoms with Crippen LogP contribution >= 0.6 is 23.2 Å². The second-order valence-electron chi connectivity index (χ2n) is 4.86. The molecule has 0 aliphatic carbocycles. The summed E-state index contributed by atoms with van der Waals surface area (Å²) in [5.41, 5.74) is 1.57. The fourth-order valence-electron chi connectivity index (χ4n) is 2.29. The minimum atomic E-state index is -0.684. The molecule has 0 aromatic heterocycles. The van der Waals surface area contributed by atoms with Gasteiger partial charge < -0.3 is 14.6 Å². The van der Waals surface area contributed by atoms with Crippen molar-refractivity contribution in [2.45, 2.75) is 12.5 Å². The quantitative estimate of drug-likeness (QED) is 0.926. The summed E-state index contributed by atoms with van der Waals surface area (Å²) >= 11 is 12.1. The summed E-state index contributed by atoms with van der Waals surface area (Å²) in [4.78, 5) is 0. The maximum absolute atomic E-state index is 10.4. The Bertz CT molecular complexity index is 658. The minimum absolute atomic E-state index is 0.388. The Balaban J connectivity index is 1.82. The Kier molecular flexibility index (Phi) is 4.24. The van der Waals surface area contributed by atoms with Crippen LogP contribution in [-0.4, -0.2) is 18.3 Å². The van der Waals surface area contributed by atoms with Crippen LogP contribution in [0.5, 0.6) is 11.5 Å². The topological polar surface area (TPSA) is 38.7 Å². The lowest BCUT2D eigenvalue weighted by molar-refractivity contribution is 0.164. The molecule has 0 amide bonds. The van der Waals surface area contributed by atoms with Gasteiger partial charge in [0.15, 0.2) is 11.5 Å². The lowest BCUT2D eigenvalue weighted by Crippen LogP contribution is -2.15. The third-order valence-corrected chi connectivity index (χ3v) is 3.98. The van der Waals surface area contributed by atoms with Crippen molar-refractivity contribution in [1.82, 2.24) is 0 Å². The van der Waals surface area contributed by atoms with E-state index in [4.69, 9.17) is 32.7 Å². The fourth-order valence-corrected chi connectivity index (χ4v) is 2.68. The number of rotatable bonds is 3. The average molecular weight is 325 g/mol. The van der Waals surface area contributed by atoms with Gasteiger partial charge in [-0.25, -0.2) is 0 Å². The van der Waals surface area contributed by atoms with Gasteiger partial charge in [-0.1, -0.05) is 29.3 Å². The van der Waals surface area contributed by atoms with E-state index in [0.717, 1.165) is 11.1 Å². The van der Waals surface area contributed by atoms with E-state index in [1.807, 2.05) is 12.1 Å². The van der Waals surface area contributed by atoms with Crippen LogP contribution in [0, 0.1) is 0 Å². The first-order valence-electron chi connectivity index (χ1n) is 6.65. The van der Waals surface area contributed by atoms with Crippen LogP contribution < -0.4 is 9.47 Å². The third kappa shape index (κ3) is 3.26. The van der Waals surface area contributed by atoms with E-state index in [9.17, 15) is 5.11 Å². The van der Waals surface area contributed by atoms with Crippen LogP contribution in [0.3, 0.4) is 0 Å². The Labute approximate surface area is 133 Å². The molecule has 2 aromatic carbocycles. The number of halogens is 2. The third-order valence-electron chi connectivity index (χ3n) is 3.37. The van der Waals surface area contributed by atoms with Gasteiger partial charge >= 0.3 is 0 Å². The number of aliphatic hydroxyl groups excluding tert-OH is 1. The van der Waals surface area contributed by atoms with Crippen LogP contribution in [0.4, 0.5) is 0 Å². The van der Waals surface area contributed by atoms with Gasteiger partial charge in [0.05, 0.1) is 6.10 Å². The molecule has 1 heterocycles. The Hall–Kier alpha value is -1.42. The molecule has 0 radical (unpaired) electrons. The summed E-state index contributed by atoms with van der Waals surface area (Å²) in [7, 11) is 0. The summed E-state index contributed by atoms with van der Waals surface area (Å²) in [6.07, 6.45) is -0.296. The summed E-state index contributed by atoms with van der Waals surface area (Å²) in [6.45, 7) is 1.07. The van der Waals surface area contributed by atoms with Crippen molar-refractivity contribution in [3.05, 3.63) is 57.6 Å². The van der Waals surface area contributed by atoms with Crippen molar-refractivity contribution in [2.75, 3.05) is 13.2 Å². The largest absolute Gasteiger partial charge is 0.486 e. The highest BCUT2D eigenvalue weighted by Gasteiger charge is 2.16. The summed E-state index contributed by atoms with van der Waals surface area (Å²) in [5, 5.41) is 11.6. The zero-order valence-electron chi connectivity index (χ0n) is 11.2. The molecule has 21 heavy (non-hydrogen) atoms. The molecule has 1 N–H and O–H groups in total. The molecule has 0 saturated carbocycles. The van der Waals surface area contributed by atoms with E-state index in [0.29, 0.717) is 41.2 Å². The first kappa shape index (κ1) is 14.5. The molecule has 2 aromatic rings. The van der Waals surface area contributed by atoms with E-state index in [-0.39, 0.29) is 0 Å². The molecule has 0 spiro atoms. The van der Waals surface area contributed by atoms with Crippen molar-refractivity contribution in [2.24, 2.45) is 0 Å². The molecule has 0 fully saturated rings. The highest BCUT2D eigenvalue weighted by Crippen LogP contribution is 2.34. The van der Waals surface area contributed by atoms with Gasteiger partial charge in [0, 0.05) is 16.5 Å². The van der Waals surface area contributed by atoms with Crippen LogP contribution in [0.2, 0.25) is 10.0 Å². The Morgan fingerprint density at radius 2 is 1.76 bits per heavy atom. The molecule has 1 atom stereocenters. The summed E-state index contributed by atoms with van der Waals surface area (Å²) in [5.74, 6) is 1.37. The normalized spacial score (nSPS) is 14.8. The number of fused-ring (bicyclic) bond motifs is 1. The van der Waals surface area contributed by atoms with Crippen molar-refractivity contribution in [3.8, 4) is 11.5 Å². The Morgan fingerprint density at radius 1 is 1.00 bits per heavy atom. The van der Waals surface area contributed by atoms with Gasteiger partial charge in [-0.2, -0.15) is 0 Å². The van der Waals surface area contributed by atoms with Crippen molar-refractivity contribution in [3.63, 3.8) is 0 Å². The summed E-state index contributed by atoms with van der Waals surface area (Å²) in [6, 6.07) is 10.7. The molecular formula is C16H14Cl2O3. The predicted molar refractivity (Wildman–Crippen MR) is 82.6 cm³/mol. The predicted octanol–water partition coefficient (Wildman–Crippen LogP) is 4.04. The van der Waals surface area contributed by atoms with Crippen molar-refractivity contribution >= 4 is 23.2 Å². The standard InChI is InChI=1S/C16H14Cl2O3/c17-12-2-3-13(18)11(7-12)8-14(19)10-1-4-15-16(9-10)21-6-5-20-15/h1-4,7,9,14,19H,5-6,8H2. The maximum Gasteiger partial charge on any atom is 0.161 e. The van der Waals surface area contributed by atoms with Gasteiger partial charge in [0.25, 0.3) is 0 Å². The molecule has 3 rings (SSSR count). The molecule has 5 heteroatoms. The second kappa shape index (κ2) is 6.14. The Morgan fingerprint density at radius 3 is 2.57 bits per heavy atom. The van der Waals surface area contributed by atoms with Crippen LogP contribution in [0.25, 0.3) is 0 Å². The lowest BCUT2D eigenvalue weighted by Gasteiger charge is -2.20. The number of hydrogen-bond donors (Lipinski definition) is 1. The van der Waals surface area contributed by atoms with E-state index in [1.165, 1.54) is 0 Å². The molecule has 1 aliphatic heterocycles. The van der Waals surface area contributed by atoms with Gasteiger partial charge in [0.1, 0.15) is 13.2 Å². The van der Waals surface area contributed by atoms with Crippen LogP contribution in [0.15, 0.2) is 36.4 Å². The molecular weight excluding hydrogens is 311 g/mol. The highest BCUT2D eigenvalue weighted by atomic mass is 35.5. The van der Waals surface area contributed by atoms with E-state index in [1.54, 1.807) is 24.3 Å². The van der Waals surface area contributed by atoms with Crippen molar-refractivity contribution in [1.29, 1.82) is 0 Å². The van der Waals surface area contributed by atoms with Gasteiger partial charge in [0.2, 0.25) is 0 Å². The minimum Gasteiger partial charge on any atom is -0.486 e. The molecule has 0 saturated heterocycles. The smallest absolute Gasteiger partial charge is 0.161 e. The first-order valence-corrected chi connectivity index (χ1v) is 7.40. The zero-order chi connectivity index (χ0) is 14.8. The van der Waals surface area contributed by atoms with Crippen LogP contribution in [-0.2, 0) is 6.42 Å². The van der Waals surface area contributed by atoms with E-state index < -0.39 is 6.10 Å². The maximum atomic E-state index is 10.4. The second-order valence-corrected chi connectivity index (χ2v) is 5.70. The lowest BCUT2D eigenvalue weighted by atomic mass is 10.0. The molecule has 0 bridgehead atoms. The average Bonchev–Trinajstić information content (AvgIpc) is 2.50.